The van der Waals surface area contributed by atoms with Crippen LogP contribution in [0.15, 0.2) is 42.5 Å². The van der Waals surface area contributed by atoms with Crippen LogP contribution < -0.4 is 5.32 Å². The van der Waals surface area contributed by atoms with Gasteiger partial charge in [-0.15, -0.1) is 0 Å². The zero-order chi connectivity index (χ0) is 30.6. The summed E-state index contributed by atoms with van der Waals surface area (Å²) >= 11 is 0. The second-order valence-electron chi connectivity index (χ2n) is 13.5. The van der Waals surface area contributed by atoms with Crippen molar-refractivity contribution in [2.45, 2.75) is 115 Å². The summed E-state index contributed by atoms with van der Waals surface area (Å²) in [4.78, 5) is 28.3. The number of aliphatic carboxylic acids is 1. The molecule has 8 heteroatoms. The molecule has 43 heavy (non-hydrogen) atoms. The summed E-state index contributed by atoms with van der Waals surface area (Å²) < 4.78 is 23.4. The quantitative estimate of drug-likeness (QED) is 0.268. The highest BCUT2D eigenvalue weighted by Crippen LogP contribution is 2.48. The molecule has 0 spiro atoms. The van der Waals surface area contributed by atoms with Crippen molar-refractivity contribution in [3.63, 3.8) is 0 Å². The summed E-state index contributed by atoms with van der Waals surface area (Å²) in [6.07, 6.45) is 16.7. The van der Waals surface area contributed by atoms with Crippen LogP contribution in [-0.4, -0.2) is 59.9 Å². The number of amides is 1. The molecule has 0 heterocycles. The molecule has 3 saturated carbocycles. The number of aryl methyl sites for hydroxylation is 1. The molecule has 2 N–H and O–H groups in total. The number of carboxylic acids is 1. The second-order valence-corrected chi connectivity index (χ2v) is 15.7. The van der Waals surface area contributed by atoms with Crippen LogP contribution in [0.4, 0.5) is 0 Å². The fourth-order valence-corrected chi connectivity index (χ4v) is 8.31. The van der Waals surface area contributed by atoms with E-state index in [0.717, 1.165) is 35.4 Å². The van der Waals surface area contributed by atoms with E-state index in [-0.39, 0.29) is 17.7 Å². The molecule has 7 nitrogen and oxygen atoms in total. The molecule has 1 unspecified atom stereocenters. The van der Waals surface area contributed by atoms with Crippen LogP contribution >= 0.6 is 0 Å². The third-order valence-electron chi connectivity index (χ3n) is 10.0. The van der Waals surface area contributed by atoms with Gasteiger partial charge in [0.25, 0.3) is 5.91 Å². The van der Waals surface area contributed by atoms with Gasteiger partial charge in [0.1, 0.15) is 15.9 Å². The molecule has 3 aliphatic rings. The van der Waals surface area contributed by atoms with Gasteiger partial charge >= 0.3 is 5.97 Å². The van der Waals surface area contributed by atoms with Crippen LogP contribution in [0.3, 0.4) is 0 Å². The number of hydrogen-bond donors (Lipinski definition) is 2. The largest absolute Gasteiger partial charge is 0.480 e. The number of carbonyl (C=O) groups excluding carboxylic acids is 1. The summed E-state index contributed by atoms with van der Waals surface area (Å²) in [5.74, 6) is -1.24. The zero-order valence-corrected chi connectivity index (χ0v) is 26.6. The van der Waals surface area contributed by atoms with Crippen LogP contribution in [-0.2, 0) is 21.2 Å². The molecule has 0 aliphatic heterocycles. The summed E-state index contributed by atoms with van der Waals surface area (Å²) in [7, 11) is -3.37. The van der Waals surface area contributed by atoms with Gasteiger partial charge in [0, 0.05) is 29.9 Å². The van der Waals surface area contributed by atoms with Crippen molar-refractivity contribution in [1.29, 1.82) is 0 Å². The second kappa shape index (κ2) is 13.5. The lowest BCUT2D eigenvalue weighted by molar-refractivity contribution is -0.139. The summed E-state index contributed by atoms with van der Waals surface area (Å²) in [5.41, 5.74) is 4.58. The van der Waals surface area contributed by atoms with Gasteiger partial charge in [-0.2, -0.15) is 0 Å². The van der Waals surface area contributed by atoms with Gasteiger partial charge in [-0.05, 0) is 85.8 Å². The van der Waals surface area contributed by atoms with Crippen molar-refractivity contribution in [3.05, 3.63) is 59.2 Å². The molecule has 0 aromatic heterocycles. The van der Waals surface area contributed by atoms with E-state index in [0.29, 0.717) is 11.6 Å². The number of carboxylic acid groups (broad SMARTS) is 1. The van der Waals surface area contributed by atoms with Crippen molar-refractivity contribution in [2.24, 2.45) is 5.92 Å². The van der Waals surface area contributed by atoms with Crippen molar-refractivity contribution in [1.82, 2.24) is 10.2 Å². The number of sulfone groups is 1. The van der Waals surface area contributed by atoms with Crippen LogP contribution in [0.25, 0.3) is 11.1 Å². The molecule has 3 fully saturated rings. The number of benzene rings is 2. The molecule has 1 amide bonds. The van der Waals surface area contributed by atoms with Crippen LogP contribution in [0.1, 0.15) is 105 Å². The zero-order valence-electron chi connectivity index (χ0n) is 25.8. The normalized spacial score (nSPS) is 19.8. The highest BCUT2D eigenvalue weighted by atomic mass is 32.2. The van der Waals surface area contributed by atoms with Gasteiger partial charge in [0.05, 0.1) is 5.75 Å². The minimum Gasteiger partial charge on any atom is -0.480 e. The molecule has 0 saturated heterocycles. The Labute approximate surface area is 257 Å². The van der Waals surface area contributed by atoms with E-state index < -0.39 is 27.8 Å². The van der Waals surface area contributed by atoms with Gasteiger partial charge in [-0.1, -0.05) is 75.3 Å². The Morgan fingerprint density at radius 3 is 2.30 bits per heavy atom. The van der Waals surface area contributed by atoms with Crippen molar-refractivity contribution in [3.8, 4) is 11.1 Å². The first-order valence-electron chi connectivity index (χ1n) is 16.2. The van der Waals surface area contributed by atoms with E-state index in [4.69, 9.17) is 0 Å². The molecular weight excluding hydrogens is 560 g/mol. The summed E-state index contributed by atoms with van der Waals surface area (Å²) in [6, 6.07) is 13.3. The molecule has 2 aromatic carbocycles. The molecule has 1 atom stereocenters. The lowest BCUT2D eigenvalue weighted by atomic mass is 9.77. The Balaban J connectivity index is 1.45. The van der Waals surface area contributed by atoms with E-state index in [2.05, 4.69) is 16.3 Å². The predicted octanol–water partition coefficient (Wildman–Crippen LogP) is 6.53. The SMILES string of the molecule is Cc1ccccc1-c1cc(CN(C2CC2)C2(CC3CCCCC3)CCCC2)ccc1C(=O)NC(CCS(C)(=O)=O)C(=O)O. The van der Waals surface area contributed by atoms with Crippen molar-refractivity contribution >= 4 is 21.7 Å². The first kappa shape index (κ1) is 31.7. The van der Waals surface area contributed by atoms with E-state index in [1.807, 2.05) is 43.3 Å². The van der Waals surface area contributed by atoms with E-state index in [1.165, 1.54) is 82.6 Å². The van der Waals surface area contributed by atoms with Gasteiger partial charge in [-0.3, -0.25) is 9.69 Å². The van der Waals surface area contributed by atoms with Gasteiger partial charge < -0.3 is 10.4 Å². The minimum absolute atomic E-state index is 0.183. The highest BCUT2D eigenvalue weighted by Gasteiger charge is 2.46. The van der Waals surface area contributed by atoms with Crippen molar-refractivity contribution < 1.29 is 23.1 Å². The summed E-state index contributed by atoms with van der Waals surface area (Å²) in [5, 5.41) is 12.3. The van der Waals surface area contributed by atoms with Crippen molar-refractivity contribution in [2.75, 3.05) is 12.0 Å². The Morgan fingerprint density at radius 1 is 0.977 bits per heavy atom. The molecular formula is C35H48N2O5S. The number of nitrogens with zero attached hydrogens (tertiary/aromatic N) is 1. The van der Waals surface area contributed by atoms with E-state index in [9.17, 15) is 23.1 Å². The third-order valence-corrected chi connectivity index (χ3v) is 11.0. The molecule has 0 bridgehead atoms. The first-order chi connectivity index (χ1) is 20.5. The number of hydrogen-bond acceptors (Lipinski definition) is 5. The Morgan fingerprint density at radius 2 is 1.67 bits per heavy atom. The van der Waals surface area contributed by atoms with Gasteiger partial charge in [-0.25, -0.2) is 13.2 Å². The standard InChI is InChI=1S/C35H48N2O5S/c1-25-10-6-7-13-29(25)31-22-27(14-17-30(31)33(38)36-32(34(39)40)18-21-43(2,41)42)24-37(28-15-16-28)35(19-8-9-20-35)23-26-11-4-3-5-12-26/h6-7,10,13-14,17,22,26,28,32H,3-5,8-9,11-12,15-16,18-21,23-24H2,1-2H3,(H,36,38)(H,39,40). The molecule has 2 aromatic rings. The Bertz CT molecular complexity index is 1410. The predicted molar refractivity (Wildman–Crippen MR) is 171 cm³/mol. The Hall–Kier alpha value is -2.71. The van der Waals surface area contributed by atoms with Gasteiger partial charge in [0.2, 0.25) is 0 Å². The summed E-state index contributed by atoms with van der Waals surface area (Å²) in [6.45, 7) is 2.87. The Kier molecular flexibility index (Phi) is 9.96. The average Bonchev–Trinajstić information content (AvgIpc) is 3.71. The highest BCUT2D eigenvalue weighted by molar-refractivity contribution is 7.90. The fourth-order valence-electron chi connectivity index (χ4n) is 7.65. The average molecular weight is 609 g/mol. The maximum Gasteiger partial charge on any atom is 0.326 e. The number of rotatable bonds is 13. The molecule has 5 rings (SSSR count). The number of carbonyl (C=O) groups is 2. The van der Waals surface area contributed by atoms with Crippen LogP contribution in [0.5, 0.6) is 0 Å². The maximum absolute atomic E-state index is 13.6. The lowest BCUT2D eigenvalue weighted by Gasteiger charge is -2.45. The first-order valence-corrected chi connectivity index (χ1v) is 18.3. The molecule has 0 radical (unpaired) electrons. The third kappa shape index (κ3) is 8.07. The van der Waals surface area contributed by atoms with E-state index in [1.54, 1.807) is 0 Å². The minimum atomic E-state index is -3.37. The maximum atomic E-state index is 13.6. The van der Waals surface area contributed by atoms with Crippen LogP contribution in [0, 0.1) is 12.8 Å². The molecule has 234 valence electrons. The topological polar surface area (TPSA) is 104 Å². The van der Waals surface area contributed by atoms with Gasteiger partial charge in [0.15, 0.2) is 0 Å². The monoisotopic (exact) mass is 608 g/mol. The fraction of sp³-hybridized carbons (Fsp3) is 0.600. The van der Waals surface area contributed by atoms with E-state index >= 15 is 0 Å². The number of nitrogens with one attached hydrogen (secondary N) is 1. The molecule has 3 aliphatic carbocycles. The smallest absolute Gasteiger partial charge is 0.326 e. The lowest BCUT2D eigenvalue weighted by Crippen LogP contribution is -2.49. The van der Waals surface area contributed by atoms with Crippen LogP contribution in [0.2, 0.25) is 0 Å².